The Kier molecular flexibility index (Phi) is 4.35. The molecule has 2 aromatic rings. The summed E-state index contributed by atoms with van der Waals surface area (Å²) in [6, 6.07) is 7.92. The predicted molar refractivity (Wildman–Crippen MR) is 69.1 cm³/mol. The van der Waals surface area contributed by atoms with E-state index in [1.165, 1.54) is 18.2 Å². The molecule has 0 aromatic heterocycles. The molecule has 3 nitrogen and oxygen atoms in total. The standard InChI is InChI=1S/C15H10F4O3/c16-10-2-1-3-11(7-10)22-8-9-4-5-13(15(17,18)19)12(6-9)14(20)21/h1-7H,8H2,(H,20,21). The summed E-state index contributed by atoms with van der Waals surface area (Å²) in [4.78, 5) is 10.9. The van der Waals surface area contributed by atoms with Crippen LogP contribution in [-0.2, 0) is 12.8 Å². The van der Waals surface area contributed by atoms with E-state index in [0.29, 0.717) is 6.07 Å². The molecule has 0 spiro atoms. The second-order valence-corrected chi connectivity index (χ2v) is 4.43. The Balaban J connectivity index is 2.22. The first-order chi connectivity index (χ1) is 10.3. The van der Waals surface area contributed by atoms with Gasteiger partial charge < -0.3 is 9.84 Å². The van der Waals surface area contributed by atoms with Crippen LogP contribution < -0.4 is 4.74 Å². The summed E-state index contributed by atoms with van der Waals surface area (Å²) in [5.41, 5.74) is -1.85. The first-order valence-electron chi connectivity index (χ1n) is 6.09. The molecular weight excluding hydrogens is 304 g/mol. The van der Waals surface area contributed by atoms with Crippen molar-refractivity contribution in [2.24, 2.45) is 0 Å². The minimum Gasteiger partial charge on any atom is -0.489 e. The summed E-state index contributed by atoms with van der Waals surface area (Å²) in [5, 5.41) is 8.88. The molecule has 0 aliphatic heterocycles. The van der Waals surface area contributed by atoms with Crippen LogP contribution in [0, 0.1) is 5.82 Å². The molecule has 0 saturated carbocycles. The van der Waals surface area contributed by atoms with Gasteiger partial charge in [0.15, 0.2) is 0 Å². The van der Waals surface area contributed by atoms with Gasteiger partial charge in [0.05, 0.1) is 11.1 Å². The number of hydrogen-bond acceptors (Lipinski definition) is 2. The second-order valence-electron chi connectivity index (χ2n) is 4.43. The topological polar surface area (TPSA) is 46.5 Å². The Bertz CT molecular complexity index is 695. The van der Waals surface area contributed by atoms with E-state index in [9.17, 15) is 22.4 Å². The number of carboxylic acids is 1. The highest BCUT2D eigenvalue weighted by atomic mass is 19.4. The van der Waals surface area contributed by atoms with Crippen LogP contribution in [-0.4, -0.2) is 11.1 Å². The maximum atomic E-state index is 13.0. The van der Waals surface area contributed by atoms with Crippen molar-refractivity contribution in [2.45, 2.75) is 12.8 Å². The normalized spacial score (nSPS) is 11.3. The van der Waals surface area contributed by atoms with Crippen LogP contribution >= 0.6 is 0 Å². The molecule has 0 bridgehead atoms. The molecule has 2 rings (SSSR count). The van der Waals surface area contributed by atoms with Crippen molar-refractivity contribution in [3.05, 3.63) is 65.0 Å². The van der Waals surface area contributed by atoms with Gasteiger partial charge in [0, 0.05) is 6.07 Å². The van der Waals surface area contributed by atoms with Gasteiger partial charge in [-0.2, -0.15) is 13.2 Å². The van der Waals surface area contributed by atoms with E-state index in [-0.39, 0.29) is 17.9 Å². The molecule has 0 amide bonds. The van der Waals surface area contributed by atoms with E-state index < -0.39 is 29.1 Å². The van der Waals surface area contributed by atoms with E-state index in [0.717, 1.165) is 18.2 Å². The number of alkyl halides is 3. The van der Waals surface area contributed by atoms with Crippen LogP contribution in [0.3, 0.4) is 0 Å². The van der Waals surface area contributed by atoms with Gasteiger partial charge >= 0.3 is 12.1 Å². The Morgan fingerprint density at radius 2 is 1.86 bits per heavy atom. The summed E-state index contributed by atoms with van der Waals surface area (Å²) < 4.78 is 56.3. The highest BCUT2D eigenvalue weighted by Crippen LogP contribution is 2.32. The van der Waals surface area contributed by atoms with Crippen molar-refractivity contribution in [1.29, 1.82) is 0 Å². The van der Waals surface area contributed by atoms with Crippen molar-refractivity contribution < 1.29 is 32.2 Å². The fourth-order valence-corrected chi connectivity index (χ4v) is 1.83. The lowest BCUT2D eigenvalue weighted by molar-refractivity contribution is -0.138. The number of hydrogen-bond donors (Lipinski definition) is 1. The predicted octanol–water partition coefficient (Wildman–Crippen LogP) is 4.12. The number of ether oxygens (including phenoxy) is 1. The number of carbonyl (C=O) groups is 1. The quantitative estimate of drug-likeness (QED) is 0.864. The summed E-state index contributed by atoms with van der Waals surface area (Å²) in [5.74, 6) is -2.01. The maximum absolute atomic E-state index is 13.0. The number of aromatic carboxylic acids is 1. The lowest BCUT2D eigenvalue weighted by Gasteiger charge is -2.12. The Morgan fingerprint density at radius 1 is 1.14 bits per heavy atom. The minimum atomic E-state index is -4.75. The molecule has 0 aliphatic carbocycles. The number of rotatable bonds is 4. The second kappa shape index (κ2) is 6.05. The fourth-order valence-electron chi connectivity index (χ4n) is 1.83. The third-order valence-electron chi connectivity index (χ3n) is 2.82. The van der Waals surface area contributed by atoms with Gasteiger partial charge in [-0.1, -0.05) is 12.1 Å². The molecule has 0 atom stereocenters. The molecule has 1 N–H and O–H groups in total. The zero-order valence-electron chi connectivity index (χ0n) is 11.0. The molecule has 2 aromatic carbocycles. The zero-order valence-corrected chi connectivity index (χ0v) is 11.0. The van der Waals surface area contributed by atoms with Crippen LogP contribution in [0.2, 0.25) is 0 Å². The van der Waals surface area contributed by atoms with E-state index >= 15 is 0 Å². The van der Waals surface area contributed by atoms with Gasteiger partial charge in [-0.25, -0.2) is 9.18 Å². The average molecular weight is 314 g/mol. The Morgan fingerprint density at radius 3 is 2.45 bits per heavy atom. The van der Waals surface area contributed by atoms with Crippen LogP contribution in [0.4, 0.5) is 17.6 Å². The highest BCUT2D eigenvalue weighted by molar-refractivity contribution is 5.89. The maximum Gasteiger partial charge on any atom is 0.417 e. The largest absolute Gasteiger partial charge is 0.489 e. The first-order valence-corrected chi connectivity index (χ1v) is 6.09. The smallest absolute Gasteiger partial charge is 0.417 e. The Hall–Kier alpha value is -2.57. The molecule has 0 saturated heterocycles. The van der Waals surface area contributed by atoms with Crippen molar-refractivity contribution in [3.8, 4) is 5.75 Å². The van der Waals surface area contributed by atoms with Crippen LogP contribution in [0.1, 0.15) is 21.5 Å². The summed E-state index contributed by atoms with van der Waals surface area (Å²) in [7, 11) is 0. The summed E-state index contributed by atoms with van der Waals surface area (Å²) in [6.45, 7) is -0.179. The van der Waals surface area contributed by atoms with Crippen LogP contribution in [0.15, 0.2) is 42.5 Å². The van der Waals surface area contributed by atoms with Crippen LogP contribution in [0.5, 0.6) is 5.75 Å². The lowest BCUT2D eigenvalue weighted by Crippen LogP contribution is -2.13. The third-order valence-corrected chi connectivity index (χ3v) is 2.82. The van der Waals surface area contributed by atoms with Gasteiger partial charge in [0.2, 0.25) is 0 Å². The van der Waals surface area contributed by atoms with E-state index in [1.807, 2.05) is 0 Å². The average Bonchev–Trinajstić information content (AvgIpc) is 2.44. The molecule has 0 fully saturated rings. The molecule has 116 valence electrons. The number of halogens is 4. The molecule has 0 aliphatic rings. The van der Waals surface area contributed by atoms with Gasteiger partial charge in [0.25, 0.3) is 0 Å². The summed E-state index contributed by atoms with van der Waals surface area (Å²) in [6.07, 6.45) is -4.75. The highest BCUT2D eigenvalue weighted by Gasteiger charge is 2.35. The SMILES string of the molecule is O=C(O)c1cc(COc2cccc(F)c2)ccc1C(F)(F)F. The first kappa shape index (κ1) is 15.8. The number of carboxylic acid groups (broad SMARTS) is 1. The molecule has 0 radical (unpaired) electrons. The molecule has 0 heterocycles. The van der Waals surface area contributed by atoms with Crippen LogP contribution in [0.25, 0.3) is 0 Å². The molecule has 22 heavy (non-hydrogen) atoms. The van der Waals surface area contributed by atoms with Crippen molar-refractivity contribution in [1.82, 2.24) is 0 Å². The van der Waals surface area contributed by atoms with Gasteiger partial charge in [0.1, 0.15) is 18.2 Å². The van der Waals surface area contributed by atoms with Crippen molar-refractivity contribution in [2.75, 3.05) is 0 Å². The molecular formula is C15H10F4O3. The van der Waals surface area contributed by atoms with E-state index in [4.69, 9.17) is 9.84 Å². The van der Waals surface area contributed by atoms with Gasteiger partial charge in [-0.3, -0.25) is 0 Å². The van der Waals surface area contributed by atoms with Gasteiger partial charge in [-0.05, 0) is 29.8 Å². The Labute approximate surface area is 122 Å². The van der Waals surface area contributed by atoms with E-state index in [2.05, 4.69) is 0 Å². The minimum absolute atomic E-state index is 0.179. The molecule has 7 heteroatoms. The van der Waals surface area contributed by atoms with E-state index in [1.54, 1.807) is 0 Å². The fraction of sp³-hybridized carbons (Fsp3) is 0.133. The zero-order chi connectivity index (χ0) is 16.3. The number of benzene rings is 2. The van der Waals surface area contributed by atoms with Gasteiger partial charge in [-0.15, -0.1) is 0 Å². The molecule has 0 unspecified atom stereocenters. The lowest BCUT2D eigenvalue weighted by atomic mass is 10.0. The van der Waals surface area contributed by atoms with Crippen molar-refractivity contribution >= 4 is 5.97 Å². The monoisotopic (exact) mass is 314 g/mol. The van der Waals surface area contributed by atoms with Crippen molar-refractivity contribution in [3.63, 3.8) is 0 Å². The summed E-state index contributed by atoms with van der Waals surface area (Å²) >= 11 is 0. The third kappa shape index (κ3) is 3.75.